The molecule has 2 N–H and O–H groups in total. The lowest BCUT2D eigenvalue weighted by Crippen LogP contribution is -2.46. The van der Waals surface area contributed by atoms with Gasteiger partial charge >= 0.3 is 12.0 Å². The minimum Gasteiger partial charge on any atom is -0.495 e. The third-order valence-corrected chi connectivity index (χ3v) is 7.66. The quantitative estimate of drug-likeness (QED) is 0.335. The van der Waals surface area contributed by atoms with Crippen LogP contribution in [-0.4, -0.2) is 74.2 Å². The predicted molar refractivity (Wildman–Crippen MR) is 163 cm³/mol. The van der Waals surface area contributed by atoms with Crippen molar-refractivity contribution in [3.8, 4) is 11.5 Å². The number of carbonyl (C=O) groups is 3. The van der Waals surface area contributed by atoms with Gasteiger partial charge in [0.05, 0.1) is 44.5 Å². The summed E-state index contributed by atoms with van der Waals surface area (Å²) in [7, 11) is 2.84. The molecule has 3 atom stereocenters. The summed E-state index contributed by atoms with van der Waals surface area (Å²) in [6.07, 6.45) is -0.563. The number of nitrogens with zero attached hydrogens (tertiary/aromatic N) is 1. The molecule has 2 fully saturated rings. The molecule has 2 saturated heterocycles. The number of hydrogen-bond donors (Lipinski definition) is 2. The lowest BCUT2D eigenvalue weighted by molar-refractivity contribution is -0.168. The second kappa shape index (κ2) is 12.9. The van der Waals surface area contributed by atoms with Crippen LogP contribution in [0.15, 0.2) is 66.7 Å². The summed E-state index contributed by atoms with van der Waals surface area (Å²) < 4.78 is 28.6. The van der Waals surface area contributed by atoms with E-state index >= 15 is 0 Å². The topological polar surface area (TPSA) is 125 Å². The fraction of sp³-hybridized carbons (Fsp3) is 0.364. The third kappa shape index (κ3) is 6.95. The molecule has 11 heteroatoms. The number of esters is 1. The van der Waals surface area contributed by atoms with E-state index in [0.29, 0.717) is 40.5 Å². The van der Waals surface area contributed by atoms with Crippen LogP contribution in [0.1, 0.15) is 35.3 Å². The predicted octanol–water partition coefficient (Wildman–Crippen LogP) is 4.79. The Balaban J connectivity index is 1.26. The number of methoxy groups -OCH3 is 2. The van der Waals surface area contributed by atoms with Gasteiger partial charge in [0.25, 0.3) is 0 Å². The van der Waals surface area contributed by atoms with Gasteiger partial charge in [0, 0.05) is 5.69 Å². The Morgan fingerprint density at radius 3 is 2.39 bits per heavy atom. The molecule has 232 valence electrons. The Morgan fingerprint density at radius 1 is 0.955 bits per heavy atom. The number of rotatable bonds is 9. The zero-order valence-corrected chi connectivity index (χ0v) is 25.4. The second-order valence-corrected chi connectivity index (χ2v) is 11.2. The number of carbonyl (C=O) groups excluding carboxylic acids is 3. The van der Waals surface area contributed by atoms with Crippen molar-refractivity contribution in [1.29, 1.82) is 0 Å². The Hall–Kier alpha value is -4.61. The van der Waals surface area contributed by atoms with Gasteiger partial charge in [-0.1, -0.05) is 24.3 Å². The van der Waals surface area contributed by atoms with Crippen molar-refractivity contribution in [3.63, 3.8) is 0 Å². The SMILES string of the molecule is COC(=O)c1ccc(OC[C@@H]2[C@H]3OC(C)(C)O[C@H]3CN2C(=O)Cc2ccc(NC(=O)Nc3ccccc3C)c(OC)c2)cc1. The average Bonchev–Trinajstić information content (AvgIpc) is 3.49. The Kier molecular flexibility index (Phi) is 9.07. The van der Waals surface area contributed by atoms with Crippen LogP contribution >= 0.6 is 0 Å². The van der Waals surface area contributed by atoms with Gasteiger partial charge in [-0.25, -0.2) is 9.59 Å². The molecule has 0 bridgehead atoms. The molecule has 3 aromatic carbocycles. The Morgan fingerprint density at radius 2 is 1.68 bits per heavy atom. The average molecular weight is 604 g/mol. The lowest BCUT2D eigenvalue weighted by atomic mass is 10.1. The molecule has 2 aliphatic rings. The van der Waals surface area contributed by atoms with E-state index in [9.17, 15) is 14.4 Å². The van der Waals surface area contributed by atoms with E-state index in [0.717, 1.165) is 5.56 Å². The number of para-hydroxylation sites is 1. The summed E-state index contributed by atoms with van der Waals surface area (Å²) in [6.45, 7) is 6.15. The van der Waals surface area contributed by atoms with Crippen molar-refractivity contribution >= 4 is 29.3 Å². The highest BCUT2D eigenvalue weighted by Crippen LogP contribution is 2.37. The maximum atomic E-state index is 13.7. The number of amides is 3. The van der Waals surface area contributed by atoms with E-state index in [1.165, 1.54) is 14.2 Å². The van der Waals surface area contributed by atoms with Gasteiger partial charge < -0.3 is 39.2 Å². The van der Waals surface area contributed by atoms with Crippen LogP contribution in [0.4, 0.5) is 16.2 Å². The van der Waals surface area contributed by atoms with Crippen LogP contribution in [0.5, 0.6) is 11.5 Å². The molecule has 0 radical (unpaired) electrons. The number of ether oxygens (including phenoxy) is 5. The zero-order chi connectivity index (χ0) is 31.4. The number of fused-ring (bicyclic) bond motifs is 1. The van der Waals surface area contributed by atoms with Crippen molar-refractivity contribution in [1.82, 2.24) is 4.90 Å². The van der Waals surface area contributed by atoms with Gasteiger partial charge in [-0.3, -0.25) is 4.79 Å². The van der Waals surface area contributed by atoms with Gasteiger partial charge in [-0.05, 0) is 74.4 Å². The molecule has 2 heterocycles. The highest BCUT2D eigenvalue weighted by atomic mass is 16.8. The number of anilines is 2. The van der Waals surface area contributed by atoms with Gasteiger partial charge in [0.1, 0.15) is 30.3 Å². The third-order valence-electron chi connectivity index (χ3n) is 7.66. The molecule has 2 aliphatic heterocycles. The second-order valence-electron chi connectivity index (χ2n) is 11.2. The van der Waals surface area contributed by atoms with Crippen molar-refractivity contribution in [2.75, 3.05) is 38.0 Å². The highest BCUT2D eigenvalue weighted by Gasteiger charge is 2.54. The van der Waals surface area contributed by atoms with Crippen molar-refractivity contribution in [2.24, 2.45) is 0 Å². The first-order valence-corrected chi connectivity index (χ1v) is 14.3. The number of urea groups is 1. The van der Waals surface area contributed by atoms with Gasteiger partial charge in [0.15, 0.2) is 5.79 Å². The molecule has 3 aromatic rings. The maximum absolute atomic E-state index is 13.7. The molecule has 44 heavy (non-hydrogen) atoms. The van der Waals surface area contributed by atoms with Crippen LogP contribution < -0.4 is 20.1 Å². The first kappa shape index (κ1) is 30.8. The fourth-order valence-electron chi connectivity index (χ4n) is 5.51. The fourth-order valence-corrected chi connectivity index (χ4v) is 5.51. The van der Waals surface area contributed by atoms with Crippen molar-refractivity contribution in [3.05, 3.63) is 83.4 Å². The van der Waals surface area contributed by atoms with Crippen LogP contribution in [0.25, 0.3) is 0 Å². The normalized spacial score (nSPS) is 20.0. The summed E-state index contributed by atoms with van der Waals surface area (Å²) in [5.74, 6) is -0.356. The summed E-state index contributed by atoms with van der Waals surface area (Å²) in [4.78, 5) is 39.8. The smallest absolute Gasteiger partial charge is 0.337 e. The summed E-state index contributed by atoms with van der Waals surface area (Å²) in [5.41, 5.74) is 3.24. The summed E-state index contributed by atoms with van der Waals surface area (Å²) in [6, 6.07) is 18.5. The molecule has 0 aliphatic carbocycles. The molecule has 0 saturated carbocycles. The van der Waals surface area contributed by atoms with Gasteiger partial charge in [-0.2, -0.15) is 0 Å². The van der Waals surface area contributed by atoms with E-state index in [1.807, 2.05) is 45.0 Å². The molecular formula is C33H37N3O8. The Bertz CT molecular complexity index is 1520. The monoisotopic (exact) mass is 603 g/mol. The molecule has 0 unspecified atom stereocenters. The number of nitrogens with one attached hydrogen (secondary N) is 2. The minimum atomic E-state index is -0.771. The number of aryl methyl sites for hydroxylation is 1. The van der Waals surface area contributed by atoms with Gasteiger partial charge in [-0.15, -0.1) is 0 Å². The summed E-state index contributed by atoms with van der Waals surface area (Å²) >= 11 is 0. The molecule has 0 spiro atoms. The molecule has 0 aromatic heterocycles. The van der Waals surface area contributed by atoms with Crippen LogP contribution in [0.2, 0.25) is 0 Å². The van der Waals surface area contributed by atoms with E-state index < -0.39 is 23.8 Å². The maximum Gasteiger partial charge on any atom is 0.337 e. The largest absolute Gasteiger partial charge is 0.495 e. The number of hydrogen-bond acceptors (Lipinski definition) is 8. The molecule has 3 amide bonds. The van der Waals surface area contributed by atoms with Crippen LogP contribution in [0, 0.1) is 6.92 Å². The Labute approximate surface area is 256 Å². The van der Waals surface area contributed by atoms with E-state index in [-0.39, 0.29) is 31.1 Å². The molecule has 11 nitrogen and oxygen atoms in total. The van der Waals surface area contributed by atoms with E-state index in [2.05, 4.69) is 10.6 Å². The minimum absolute atomic E-state index is 0.0964. The van der Waals surface area contributed by atoms with Crippen LogP contribution in [0.3, 0.4) is 0 Å². The van der Waals surface area contributed by atoms with Crippen LogP contribution in [-0.2, 0) is 25.4 Å². The first-order chi connectivity index (χ1) is 21.1. The van der Waals surface area contributed by atoms with Crippen molar-refractivity contribution < 1.29 is 38.1 Å². The number of likely N-dealkylation sites (tertiary alicyclic amines) is 1. The number of benzene rings is 3. The van der Waals surface area contributed by atoms with Gasteiger partial charge in [0.2, 0.25) is 5.91 Å². The molecular weight excluding hydrogens is 566 g/mol. The summed E-state index contributed by atoms with van der Waals surface area (Å²) in [5, 5.41) is 5.65. The zero-order valence-electron chi connectivity index (χ0n) is 25.4. The lowest BCUT2D eigenvalue weighted by Gasteiger charge is -2.30. The highest BCUT2D eigenvalue weighted by molar-refractivity contribution is 6.01. The standard InChI is InChI=1S/C33H37N3O8/c1-20-8-6-7-9-24(20)34-32(39)35-25-15-10-21(16-27(25)40-4)17-29(37)36-18-28-30(44-33(2,3)43-28)26(36)19-42-23-13-11-22(12-14-23)31(38)41-5/h6-16,26,28,30H,17-19H2,1-5H3,(H2,34,35,39)/t26-,28+,30-/m1/s1. The first-order valence-electron chi connectivity index (χ1n) is 14.3. The molecule has 5 rings (SSSR count). The van der Waals surface area contributed by atoms with E-state index in [1.54, 1.807) is 47.4 Å². The van der Waals surface area contributed by atoms with Crippen molar-refractivity contribution in [2.45, 2.75) is 51.2 Å². The van der Waals surface area contributed by atoms with E-state index in [4.69, 9.17) is 23.7 Å².